The number of carbonyl (C=O) groups is 2. The topological polar surface area (TPSA) is 104 Å². The number of pyridine rings is 1. The second-order valence-electron chi connectivity index (χ2n) is 3.86. The summed E-state index contributed by atoms with van der Waals surface area (Å²) >= 11 is 0. The lowest BCUT2D eigenvalue weighted by molar-refractivity contribution is -0.118. The molecule has 0 fully saturated rings. The summed E-state index contributed by atoms with van der Waals surface area (Å²) in [5, 5.41) is 1.95. The van der Waals surface area contributed by atoms with Crippen LogP contribution in [0.5, 0.6) is 17.4 Å². The molecule has 0 radical (unpaired) electrons. The maximum Gasteiger partial charge on any atom is 0.420 e. The average molecular weight is 287 g/mol. The van der Waals surface area contributed by atoms with Crippen LogP contribution in [0.3, 0.4) is 0 Å². The van der Waals surface area contributed by atoms with Gasteiger partial charge in [0.1, 0.15) is 5.75 Å². The minimum atomic E-state index is -0.970. The zero-order valence-corrected chi connectivity index (χ0v) is 11.0. The number of amides is 2. The first-order valence-electron chi connectivity index (χ1n) is 6.08. The second-order valence-corrected chi connectivity index (χ2v) is 3.86. The molecule has 0 saturated heterocycles. The second kappa shape index (κ2) is 7.01. The van der Waals surface area contributed by atoms with Crippen molar-refractivity contribution in [2.75, 3.05) is 6.54 Å². The van der Waals surface area contributed by atoms with E-state index in [1.807, 2.05) is 11.4 Å². The number of ether oxygens (including phenoxy) is 2. The molecular weight excluding hydrogens is 274 g/mol. The number of rotatable bonds is 4. The molecule has 0 atom stereocenters. The lowest BCUT2D eigenvalue weighted by Crippen LogP contribution is -2.37. The van der Waals surface area contributed by atoms with Crippen LogP contribution < -0.4 is 20.5 Å². The van der Waals surface area contributed by atoms with Crippen LogP contribution in [0.1, 0.15) is 0 Å². The summed E-state index contributed by atoms with van der Waals surface area (Å²) in [6.07, 6.45) is 0.465. The van der Waals surface area contributed by atoms with E-state index in [2.05, 4.69) is 4.98 Å². The molecule has 2 aromatic rings. The van der Waals surface area contributed by atoms with Crippen LogP contribution in [0, 0.1) is 0 Å². The number of hydrogen-bond acceptors (Lipinski definition) is 6. The van der Waals surface area contributed by atoms with Gasteiger partial charge in [-0.3, -0.25) is 10.1 Å². The predicted molar refractivity (Wildman–Crippen MR) is 74.0 cm³/mol. The van der Waals surface area contributed by atoms with Gasteiger partial charge in [-0.15, -0.1) is 0 Å². The Labute approximate surface area is 120 Å². The van der Waals surface area contributed by atoms with E-state index < -0.39 is 12.0 Å². The van der Waals surface area contributed by atoms with Crippen LogP contribution in [0.2, 0.25) is 0 Å². The molecule has 0 bridgehead atoms. The van der Waals surface area contributed by atoms with Gasteiger partial charge in [0.15, 0.2) is 5.75 Å². The van der Waals surface area contributed by atoms with Crippen LogP contribution in [-0.2, 0) is 4.79 Å². The Morgan fingerprint density at radius 2 is 1.90 bits per heavy atom. The highest BCUT2D eigenvalue weighted by molar-refractivity contribution is 5.93. The Balaban J connectivity index is 2.10. The van der Waals surface area contributed by atoms with Crippen LogP contribution in [-0.4, -0.2) is 23.5 Å². The summed E-state index contributed by atoms with van der Waals surface area (Å²) in [6, 6.07) is 12.2. The zero-order valence-electron chi connectivity index (χ0n) is 11.0. The number of nitrogens with one attached hydrogen (secondary N) is 1. The molecule has 0 aliphatic rings. The van der Waals surface area contributed by atoms with Crippen molar-refractivity contribution < 1.29 is 19.1 Å². The van der Waals surface area contributed by atoms with Gasteiger partial charge < -0.3 is 15.2 Å². The van der Waals surface area contributed by atoms with E-state index in [4.69, 9.17) is 15.2 Å². The molecule has 2 amide bonds. The Morgan fingerprint density at radius 1 is 1.14 bits per heavy atom. The van der Waals surface area contributed by atoms with Gasteiger partial charge in [0.05, 0.1) is 6.54 Å². The fourth-order valence-corrected chi connectivity index (χ4v) is 1.42. The van der Waals surface area contributed by atoms with E-state index in [-0.39, 0.29) is 18.2 Å². The highest BCUT2D eigenvalue weighted by Gasteiger charge is 2.14. The van der Waals surface area contributed by atoms with Crippen molar-refractivity contribution in [2.24, 2.45) is 5.73 Å². The van der Waals surface area contributed by atoms with Crippen LogP contribution in [0.15, 0.2) is 48.7 Å². The SMILES string of the molecule is NCC(=O)NC(=O)Oc1ncccc1Oc1ccccc1. The summed E-state index contributed by atoms with van der Waals surface area (Å²) in [5.74, 6) is 0.109. The van der Waals surface area contributed by atoms with E-state index in [0.29, 0.717) is 5.75 Å². The number of benzene rings is 1. The highest BCUT2D eigenvalue weighted by Crippen LogP contribution is 2.28. The molecule has 7 heteroatoms. The molecule has 0 spiro atoms. The van der Waals surface area contributed by atoms with Crippen molar-refractivity contribution in [1.29, 1.82) is 0 Å². The number of hydrogen-bond donors (Lipinski definition) is 2. The largest absolute Gasteiger partial charge is 0.452 e. The molecular formula is C14H13N3O4. The van der Waals surface area contributed by atoms with Crippen LogP contribution >= 0.6 is 0 Å². The molecule has 0 saturated carbocycles. The fourth-order valence-electron chi connectivity index (χ4n) is 1.42. The zero-order chi connectivity index (χ0) is 15.1. The van der Waals surface area contributed by atoms with Crippen molar-refractivity contribution in [3.05, 3.63) is 48.7 Å². The monoisotopic (exact) mass is 287 g/mol. The lowest BCUT2D eigenvalue weighted by atomic mass is 10.3. The summed E-state index contributed by atoms with van der Waals surface area (Å²) in [5.41, 5.74) is 5.09. The first kappa shape index (κ1) is 14.5. The molecule has 0 aliphatic carbocycles. The van der Waals surface area contributed by atoms with Crippen molar-refractivity contribution in [3.63, 3.8) is 0 Å². The number of aromatic nitrogens is 1. The van der Waals surface area contributed by atoms with Gasteiger partial charge in [0, 0.05) is 6.20 Å². The molecule has 3 N–H and O–H groups in total. The molecule has 21 heavy (non-hydrogen) atoms. The summed E-state index contributed by atoms with van der Waals surface area (Å²) < 4.78 is 10.5. The smallest absolute Gasteiger partial charge is 0.420 e. The van der Waals surface area contributed by atoms with Gasteiger partial charge in [-0.2, -0.15) is 0 Å². The van der Waals surface area contributed by atoms with Gasteiger partial charge >= 0.3 is 6.09 Å². The van der Waals surface area contributed by atoms with Crippen molar-refractivity contribution >= 4 is 12.0 Å². The van der Waals surface area contributed by atoms with E-state index in [0.717, 1.165) is 0 Å². The summed E-state index contributed by atoms with van der Waals surface area (Å²) in [4.78, 5) is 26.4. The first-order chi connectivity index (χ1) is 10.2. The number of nitrogens with zero attached hydrogens (tertiary/aromatic N) is 1. The van der Waals surface area contributed by atoms with Crippen molar-refractivity contribution in [2.45, 2.75) is 0 Å². The molecule has 2 rings (SSSR count). The average Bonchev–Trinajstić information content (AvgIpc) is 2.50. The third-order valence-corrected chi connectivity index (χ3v) is 2.32. The fraction of sp³-hybridized carbons (Fsp3) is 0.0714. The molecule has 108 valence electrons. The Hall–Kier alpha value is -2.93. The summed E-state index contributed by atoms with van der Waals surface area (Å²) in [6.45, 7) is -0.315. The van der Waals surface area contributed by atoms with Gasteiger partial charge in [-0.05, 0) is 24.3 Å². The van der Waals surface area contributed by atoms with Gasteiger partial charge in [-0.25, -0.2) is 9.78 Å². The Kier molecular flexibility index (Phi) is 4.84. The van der Waals surface area contributed by atoms with Gasteiger partial charge in [0.2, 0.25) is 5.91 Å². The van der Waals surface area contributed by atoms with E-state index in [1.165, 1.54) is 6.20 Å². The van der Waals surface area contributed by atoms with Gasteiger partial charge in [-0.1, -0.05) is 18.2 Å². The van der Waals surface area contributed by atoms with Crippen LogP contribution in [0.4, 0.5) is 4.79 Å². The molecule has 1 heterocycles. The number of imide groups is 1. The Morgan fingerprint density at radius 3 is 2.62 bits per heavy atom. The lowest BCUT2D eigenvalue weighted by Gasteiger charge is -2.10. The van der Waals surface area contributed by atoms with E-state index in [9.17, 15) is 9.59 Å². The maximum absolute atomic E-state index is 11.5. The van der Waals surface area contributed by atoms with Crippen LogP contribution in [0.25, 0.3) is 0 Å². The first-order valence-corrected chi connectivity index (χ1v) is 6.08. The van der Waals surface area contributed by atoms with E-state index in [1.54, 1.807) is 36.4 Å². The molecule has 1 aromatic carbocycles. The quantitative estimate of drug-likeness (QED) is 0.882. The van der Waals surface area contributed by atoms with Crippen molar-refractivity contribution in [1.82, 2.24) is 10.3 Å². The molecule has 0 aliphatic heterocycles. The number of carbonyl (C=O) groups excluding carboxylic acids is 2. The summed E-state index contributed by atoms with van der Waals surface area (Å²) in [7, 11) is 0. The minimum Gasteiger partial charge on any atom is -0.452 e. The molecule has 1 aromatic heterocycles. The minimum absolute atomic E-state index is 0.0522. The van der Waals surface area contributed by atoms with Crippen molar-refractivity contribution in [3.8, 4) is 17.4 Å². The molecule has 7 nitrogen and oxygen atoms in total. The number of nitrogens with two attached hydrogens (primary N) is 1. The van der Waals surface area contributed by atoms with E-state index >= 15 is 0 Å². The predicted octanol–water partition coefficient (Wildman–Crippen LogP) is 1.45. The maximum atomic E-state index is 11.5. The third kappa shape index (κ3) is 4.29. The number of para-hydroxylation sites is 1. The third-order valence-electron chi connectivity index (χ3n) is 2.32. The standard InChI is InChI=1S/C14H13N3O4/c15-9-12(18)17-14(19)21-13-11(7-4-8-16-13)20-10-5-2-1-3-6-10/h1-8H,9,15H2,(H,17,18,19). The van der Waals surface area contributed by atoms with Gasteiger partial charge in [0.25, 0.3) is 5.88 Å². The highest BCUT2D eigenvalue weighted by atomic mass is 16.6. The normalized spacial score (nSPS) is 9.76. The Bertz CT molecular complexity index is 631. The molecule has 0 unspecified atom stereocenters.